The Morgan fingerprint density at radius 1 is 0.976 bits per heavy atom. The van der Waals surface area contributed by atoms with Crippen LogP contribution in [0.2, 0.25) is 0 Å². The van der Waals surface area contributed by atoms with Crippen molar-refractivity contribution in [3.8, 4) is 17.2 Å². The Hall–Kier alpha value is -4.57. The third-order valence-corrected chi connectivity index (χ3v) is 8.10. The van der Waals surface area contributed by atoms with Gasteiger partial charge in [-0.2, -0.15) is 0 Å². The maximum Gasteiger partial charge on any atom is 0.315 e. The van der Waals surface area contributed by atoms with Crippen LogP contribution in [0.4, 0.5) is 8.78 Å². The van der Waals surface area contributed by atoms with Gasteiger partial charge in [-0.25, -0.2) is 26.2 Å². The summed E-state index contributed by atoms with van der Waals surface area (Å²) in [6.07, 6.45) is 2.41. The Labute approximate surface area is 236 Å². The van der Waals surface area contributed by atoms with Crippen LogP contribution in [0.3, 0.4) is 0 Å². The second-order valence-corrected chi connectivity index (χ2v) is 11.6. The smallest absolute Gasteiger partial charge is 0.315 e. The lowest BCUT2D eigenvalue weighted by Gasteiger charge is -2.12. The molecule has 0 saturated heterocycles. The van der Waals surface area contributed by atoms with E-state index < -0.39 is 33.4 Å². The van der Waals surface area contributed by atoms with E-state index >= 15 is 8.78 Å². The predicted molar refractivity (Wildman–Crippen MR) is 150 cm³/mol. The van der Waals surface area contributed by atoms with E-state index in [0.29, 0.717) is 16.7 Å². The standard InChI is InChI=1S/C31H26F2N2O5S/c1-19(2)24-18-35(41(37,38)23-11-9-20(3)10-12-23)31-29(24)27(13-14-34-31)40-30-25(32)15-21(16-26(30)33)17-28(36)39-22-7-5-4-6-8-22/h4-16,18-19H,17H2,1-3H3. The van der Waals surface area contributed by atoms with Gasteiger partial charge in [0.2, 0.25) is 0 Å². The molecule has 5 rings (SSSR count). The zero-order chi connectivity index (χ0) is 29.3. The van der Waals surface area contributed by atoms with E-state index in [1.54, 1.807) is 42.5 Å². The molecule has 210 valence electrons. The topological polar surface area (TPSA) is 87.5 Å². The van der Waals surface area contributed by atoms with Gasteiger partial charge < -0.3 is 9.47 Å². The van der Waals surface area contributed by atoms with Gasteiger partial charge in [-0.05, 0) is 66.4 Å². The fourth-order valence-corrected chi connectivity index (χ4v) is 5.72. The molecule has 5 aromatic rings. The van der Waals surface area contributed by atoms with E-state index in [0.717, 1.165) is 21.7 Å². The molecule has 0 aliphatic rings. The van der Waals surface area contributed by atoms with Crippen LogP contribution in [0.25, 0.3) is 11.0 Å². The number of carbonyl (C=O) groups excluding carboxylic acids is 1. The maximum absolute atomic E-state index is 15.1. The van der Waals surface area contributed by atoms with Crippen molar-refractivity contribution < 1.29 is 31.5 Å². The number of rotatable bonds is 8. The second-order valence-electron chi connectivity index (χ2n) is 9.82. The van der Waals surface area contributed by atoms with Crippen molar-refractivity contribution in [2.75, 3.05) is 0 Å². The van der Waals surface area contributed by atoms with Gasteiger partial charge in [-0.3, -0.25) is 4.79 Å². The van der Waals surface area contributed by atoms with Crippen LogP contribution in [0.5, 0.6) is 17.2 Å². The first kappa shape index (κ1) is 28.0. The quantitative estimate of drug-likeness (QED) is 0.147. The molecule has 2 aromatic heterocycles. The van der Waals surface area contributed by atoms with Crippen LogP contribution in [0.15, 0.2) is 90.1 Å². The molecule has 3 aromatic carbocycles. The molecule has 0 unspecified atom stereocenters. The lowest BCUT2D eigenvalue weighted by Crippen LogP contribution is -2.12. The minimum Gasteiger partial charge on any atom is -0.450 e. The summed E-state index contributed by atoms with van der Waals surface area (Å²) >= 11 is 0. The molecule has 41 heavy (non-hydrogen) atoms. The Morgan fingerprint density at radius 3 is 2.27 bits per heavy atom. The van der Waals surface area contributed by atoms with Crippen LogP contribution < -0.4 is 9.47 Å². The predicted octanol–water partition coefficient (Wildman–Crippen LogP) is 6.92. The third-order valence-electron chi connectivity index (χ3n) is 6.44. The average molecular weight is 577 g/mol. The highest BCUT2D eigenvalue weighted by Crippen LogP contribution is 2.39. The van der Waals surface area contributed by atoms with E-state index in [2.05, 4.69) is 4.98 Å². The summed E-state index contributed by atoms with van der Waals surface area (Å²) in [6, 6.07) is 18.2. The Bertz CT molecular complexity index is 1830. The molecule has 0 aliphatic carbocycles. The number of aryl methyl sites for hydroxylation is 1. The number of aromatic nitrogens is 2. The third kappa shape index (κ3) is 5.69. The molecule has 0 saturated carbocycles. The number of halogens is 2. The number of hydrogen-bond donors (Lipinski definition) is 0. The number of pyridine rings is 1. The van der Waals surface area contributed by atoms with Crippen molar-refractivity contribution in [2.45, 2.75) is 38.0 Å². The SMILES string of the molecule is Cc1ccc(S(=O)(=O)n2cc(C(C)C)c3c(Oc4c(F)cc(CC(=O)Oc5ccccc5)cc4F)ccnc32)cc1. The van der Waals surface area contributed by atoms with Gasteiger partial charge in [0.1, 0.15) is 11.5 Å². The van der Waals surface area contributed by atoms with Crippen molar-refractivity contribution >= 4 is 27.0 Å². The molecule has 2 heterocycles. The van der Waals surface area contributed by atoms with Crippen molar-refractivity contribution in [2.24, 2.45) is 0 Å². The Morgan fingerprint density at radius 2 is 1.63 bits per heavy atom. The largest absolute Gasteiger partial charge is 0.450 e. The highest BCUT2D eigenvalue weighted by Gasteiger charge is 2.26. The van der Waals surface area contributed by atoms with Crippen LogP contribution in [-0.2, 0) is 21.2 Å². The lowest BCUT2D eigenvalue weighted by molar-refractivity contribution is -0.133. The number of ether oxygens (including phenoxy) is 2. The summed E-state index contributed by atoms with van der Waals surface area (Å²) in [7, 11) is -4.03. The molecule has 0 amide bonds. The van der Waals surface area contributed by atoms with Crippen molar-refractivity contribution in [1.29, 1.82) is 0 Å². The van der Waals surface area contributed by atoms with Gasteiger partial charge in [0, 0.05) is 12.4 Å². The fourth-order valence-electron chi connectivity index (χ4n) is 4.40. The summed E-state index contributed by atoms with van der Waals surface area (Å²) in [4.78, 5) is 16.6. The zero-order valence-electron chi connectivity index (χ0n) is 22.5. The van der Waals surface area contributed by atoms with Crippen LogP contribution >= 0.6 is 0 Å². The Balaban J connectivity index is 1.50. The van der Waals surface area contributed by atoms with Gasteiger partial charge in [-0.1, -0.05) is 49.7 Å². The normalized spacial score (nSPS) is 11.7. The number of carbonyl (C=O) groups is 1. The number of nitrogens with zero attached hydrogens (tertiary/aromatic N) is 2. The van der Waals surface area contributed by atoms with Gasteiger partial charge in [0.25, 0.3) is 10.0 Å². The van der Waals surface area contributed by atoms with Crippen LogP contribution in [0.1, 0.15) is 36.5 Å². The van der Waals surface area contributed by atoms with Gasteiger partial charge in [-0.15, -0.1) is 0 Å². The first-order valence-corrected chi connectivity index (χ1v) is 14.2. The van der Waals surface area contributed by atoms with E-state index in [9.17, 15) is 13.2 Å². The van der Waals surface area contributed by atoms with Gasteiger partial charge >= 0.3 is 5.97 Å². The van der Waals surface area contributed by atoms with Gasteiger partial charge in [0.15, 0.2) is 23.0 Å². The summed E-state index contributed by atoms with van der Waals surface area (Å²) in [5.74, 6) is -3.27. The van der Waals surface area contributed by atoms with E-state index in [-0.39, 0.29) is 34.2 Å². The number of fused-ring (bicyclic) bond motifs is 1. The first-order chi connectivity index (χ1) is 19.5. The molecule has 7 nitrogen and oxygen atoms in total. The minimum absolute atomic E-state index is 0.0330. The summed E-state index contributed by atoms with van der Waals surface area (Å²) in [5, 5.41) is 0.313. The average Bonchev–Trinajstić information content (AvgIpc) is 3.33. The van der Waals surface area contributed by atoms with E-state index in [1.807, 2.05) is 20.8 Å². The van der Waals surface area contributed by atoms with E-state index in [1.165, 1.54) is 30.6 Å². The highest BCUT2D eigenvalue weighted by molar-refractivity contribution is 7.90. The van der Waals surface area contributed by atoms with Crippen molar-refractivity contribution in [1.82, 2.24) is 8.96 Å². The molecule has 0 atom stereocenters. The monoisotopic (exact) mass is 576 g/mol. The number of benzene rings is 3. The molecule has 0 radical (unpaired) electrons. The first-order valence-electron chi connectivity index (χ1n) is 12.8. The molecule has 0 spiro atoms. The van der Waals surface area contributed by atoms with Crippen LogP contribution in [0, 0.1) is 18.6 Å². The molecule has 0 fully saturated rings. The molecule has 0 aliphatic heterocycles. The van der Waals surface area contributed by atoms with Crippen molar-refractivity contribution in [3.05, 3.63) is 114 Å². The Kier molecular flexibility index (Phi) is 7.59. The number of para-hydroxylation sites is 1. The van der Waals surface area contributed by atoms with Crippen LogP contribution in [-0.4, -0.2) is 23.3 Å². The van der Waals surface area contributed by atoms with Gasteiger partial charge in [0.05, 0.1) is 16.7 Å². The zero-order valence-corrected chi connectivity index (χ0v) is 23.3. The minimum atomic E-state index is -4.03. The second kappa shape index (κ2) is 11.1. The molecular weight excluding hydrogens is 550 g/mol. The van der Waals surface area contributed by atoms with Crippen molar-refractivity contribution in [3.63, 3.8) is 0 Å². The van der Waals surface area contributed by atoms with E-state index in [4.69, 9.17) is 9.47 Å². The lowest BCUT2D eigenvalue weighted by atomic mass is 10.0. The fraction of sp³-hybridized carbons (Fsp3) is 0.161. The molecule has 0 N–H and O–H groups in total. The molecular formula is C31H26F2N2O5S. The number of hydrogen-bond acceptors (Lipinski definition) is 6. The maximum atomic E-state index is 15.1. The number of esters is 1. The summed E-state index contributed by atoms with van der Waals surface area (Å²) in [5.41, 5.74) is 1.60. The molecule has 0 bridgehead atoms. The highest BCUT2D eigenvalue weighted by atomic mass is 32.2. The molecule has 10 heteroatoms. The summed E-state index contributed by atoms with van der Waals surface area (Å²) in [6.45, 7) is 5.57. The summed E-state index contributed by atoms with van der Waals surface area (Å²) < 4.78 is 69.4.